The molecule has 3 rings (SSSR count). The van der Waals surface area contributed by atoms with E-state index in [9.17, 15) is 0 Å². The summed E-state index contributed by atoms with van der Waals surface area (Å²) in [5.74, 6) is 0. The summed E-state index contributed by atoms with van der Waals surface area (Å²) < 4.78 is 5.79. The first-order chi connectivity index (χ1) is 6.84. The van der Waals surface area contributed by atoms with Gasteiger partial charge in [-0.3, -0.25) is 0 Å². The van der Waals surface area contributed by atoms with E-state index < -0.39 is 0 Å². The second kappa shape index (κ2) is 2.99. The Bertz CT molecular complexity index is 361. The van der Waals surface area contributed by atoms with E-state index >= 15 is 0 Å². The third-order valence-electron chi connectivity index (χ3n) is 3.18. The molecular formula is C12H15NO. The highest BCUT2D eigenvalue weighted by atomic mass is 16.5. The number of fused-ring (bicyclic) bond motifs is 3. The molecule has 2 aliphatic rings. The van der Waals surface area contributed by atoms with Crippen molar-refractivity contribution >= 4 is 5.69 Å². The number of rotatable bonds is 0. The second-order valence-corrected chi connectivity index (χ2v) is 4.23. The van der Waals surface area contributed by atoms with Crippen molar-refractivity contribution in [1.82, 2.24) is 0 Å². The minimum absolute atomic E-state index is 0.351. The van der Waals surface area contributed by atoms with Crippen LogP contribution in [-0.4, -0.2) is 12.8 Å². The van der Waals surface area contributed by atoms with Crippen molar-refractivity contribution in [3.05, 3.63) is 29.3 Å². The Morgan fingerprint density at radius 1 is 1.43 bits per heavy atom. The first-order valence-corrected chi connectivity index (χ1v) is 5.32. The SMILES string of the molecule is Cc1ccc2c(c1)N1CCCC1OC2. The standard InChI is InChI=1S/C12H15NO/c1-9-4-5-10-8-14-12-3-2-6-13(12)11(10)7-9/h4-5,7,12H,2-3,6,8H2,1H3. The van der Waals surface area contributed by atoms with E-state index in [0.717, 1.165) is 13.2 Å². The highest BCUT2D eigenvalue weighted by molar-refractivity contribution is 5.57. The van der Waals surface area contributed by atoms with Gasteiger partial charge in [-0.1, -0.05) is 12.1 Å². The van der Waals surface area contributed by atoms with Gasteiger partial charge in [-0.15, -0.1) is 0 Å². The maximum atomic E-state index is 5.79. The van der Waals surface area contributed by atoms with Crippen molar-refractivity contribution in [3.8, 4) is 0 Å². The lowest BCUT2D eigenvalue weighted by molar-refractivity contribution is 0.0384. The maximum Gasteiger partial charge on any atom is 0.130 e. The van der Waals surface area contributed by atoms with Gasteiger partial charge >= 0.3 is 0 Å². The lowest BCUT2D eigenvalue weighted by Crippen LogP contribution is -2.35. The zero-order chi connectivity index (χ0) is 9.54. The van der Waals surface area contributed by atoms with Gasteiger partial charge in [-0.25, -0.2) is 0 Å². The van der Waals surface area contributed by atoms with Gasteiger partial charge in [0.2, 0.25) is 0 Å². The Balaban J connectivity index is 2.07. The Morgan fingerprint density at radius 3 is 3.29 bits per heavy atom. The van der Waals surface area contributed by atoms with Gasteiger partial charge in [0.15, 0.2) is 0 Å². The molecule has 1 atom stereocenters. The predicted octanol–water partition coefficient (Wildman–Crippen LogP) is 2.45. The van der Waals surface area contributed by atoms with Crippen molar-refractivity contribution in [3.63, 3.8) is 0 Å². The summed E-state index contributed by atoms with van der Waals surface area (Å²) in [5, 5.41) is 0. The van der Waals surface area contributed by atoms with E-state index in [-0.39, 0.29) is 0 Å². The molecule has 14 heavy (non-hydrogen) atoms. The van der Waals surface area contributed by atoms with Gasteiger partial charge in [-0.2, -0.15) is 0 Å². The number of hydrogen-bond acceptors (Lipinski definition) is 2. The van der Waals surface area contributed by atoms with Crippen LogP contribution < -0.4 is 4.90 Å². The Hall–Kier alpha value is -1.02. The fourth-order valence-corrected chi connectivity index (χ4v) is 2.43. The van der Waals surface area contributed by atoms with Crippen LogP contribution in [-0.2, 0) is 11.3 Å². The molecular weight excluding hydrogens is 174 g/mol. The van der Waals surface area contributed by atoms with Gasteiger partial charge in [0.25, 0.3) is 0 Å². The molecule has 2 aliphatic heterocycles. The van der Waals surface area contributed by atoms with Crippen LogP contribution in [0.15, 0.2) is 18.2 Å². The lowest BCUT2D eigenvalue weighted by atomic mass is 10.1. The fourth-order valence-electron chi connectivity index (χ4n) is 2.43. The second-order valence-electron chi connectivity index (χ2n) is 4.23. The molecule has 1 unspecified atom stereocenters. The molecule has 1 aromatic carbocycles. The van der Waals surface area contributed by atoms with Gasteiger partial charge < -0.3 is 9.64 Å². The van der Waals surface area contributed by atoms with Crippen LogP contribution in [0.4, 0.5) is 5.69 Å². The van der Waals surface area contributed by atoms with Crippen LogP contribution >= 0.6 is 0 Å². The third kappa shape index (κ3) is 1.14. The molecule has 0 radical (unpaired) electrons. The van der Waals surface area contributed by atoms with Crippen LogP contribution in [0, 0.1) is 6.92 Å². The molecule has 2 heterocycles. The first-order valence-electron chi connectivity index (χ1n) is 5.32. The van der Waals surface area contributed by atoms with Gasteiger partial charge in [0.1, 0.15) is 6.23 Å². The number of hydrogen-bond donors (Lipinski definition) is 0. The smallest absolute Gasteiger partial charge is 0.130 e. The van der Waals surface area contributed by atoms with Crippen molar-refractivity contribution in [1.29, 1.82) is 0 Å². The van der Waals surface area contributed by atoms with Crippen molar-refractivity contribution in [2.45, 2.75) is 32.6 Å². The number of anilines is 1. The van der Waals surface area contributed by atoms with Crippen LogP contribution in [0.1, 0.15) is 24.0 Å². The minimum Gasteiger partial charge on any atom is -0.354 e. The van der Waals surface area contributed by atoms with E-state index in [0.29, 0.717) is 6.23 Å². The molecule has 0 aromatic heterocycles. The molecule has 0 saturated carbocycles. The van der Waals surface area contributed by atoms with Crippen LogP contribution in [0.5, 0.6) is 0 Å². The Kier molecular flexibility index (Phi) is 1.77. The summed E-state index contributed by atoms with van der Waals surface area (Å²) in [4.78, 5) is 2.41. The van der Waals surface area contributed by atoms with Crippen LogP contribution in [0.3, 0.4) is 0 Å². The zero-order valence-corrected chi connectivity index (χ0v) is 8.49. The number of ether oxygens (including phenoxy) is 1. The van der Waals surface area contributed by atoms with E-state index in [1.54, 1.807) is 0 Å². The molecule has 0 aliphatic carbocycles. The summed E-state index contributed by atoms with van der Waals surface area (Å²) in [6.45, 7) is 4.10. The largest absolute Gasteiger partial charge is 0.354 e. The van der Waals surface area contributed by atoms with E-state index in [4.69, 9.17) is 4.74 Å². The quantitative estimate of drug-likeness (QED) is 0.621. The van der Waals surface area contributed by atoms with E-state index in [2.05, 4.69) is 30.0 Å². The average Bonchev–Trinajstić information content (AvgIpc) is 2.65. The molecule has 2 nitrogen and oxygen atoms in total. The molecule has 74 valence electrons. The Labute approximate surface area is 84.5 Å². The van der Waals surface area contributed by atoms with Crippen LogP contribution in [0.25, 0.3) is 0 Å². The monoisotopic (exact) mass is 189 g/mol. The number of nitrogens with zero attached hydrogens (tertiary/aromatic N) is 1. The van der Waals surface area contributed by atoms with E-state index in [1.807, 2.05) is 0 Å². The summed E-state index contributed by atoms with van der Waals surface area (Å²) in [7, 11) is 0. The van der Waals surface area contributed by atoms with Crippen molar-refractivity contribution in [2.24, 2.45) is 0 Å². The molecule has 0 bridgehead atoms. The maximum absolute atomic E-state index is 5.79. The molecule has 2 heteroatoms. The summed E-state index contributed by atoms with van der Waals surface area (Å²) in [6.07, 6.45) is 2.80. The van der Waals surface area contributed by atoms with Crippen molar-refractivity contribution < 1.29 is 4.74 Å². The summed E-state index contributed by atoms with van der Waals surface area (Å²) in [6, 6.07) is 6.65. The van der Waals surface area contributed by atoms with Gasteiger partial charge in [-0.05, 0) is 31.4 Å². The normalized spacial score (nSPS) is 24.6. The Morgan fingerprint density at radius 2 is 2.36 bits per heavy atom. The molecule has 0 spiro atoms. The van der Waals surface area contributed by atoms with Gasteiger partial charge in [0, 0.05) is 17.8 Å². The minimum atomic E-state index is 0.351. The highest BCUT2D eigenvalue weighted by Gasteiger charge is 2.30. The molecule has 0 N–H and O–H groups in total. The van der Waals surface area contributed by atoms with Crippen LogP contribution in [0.2, 0.25) is 0 Å². The van der Waals surface area contributed by atoms with E-state index in [1.165, 1.54) is 29.7 Å². The lowest BCUT2D eigenvalue weighted by Gasteiger charge is -2.33. The summed E-state index contributed by atoms with van der Waals surface area (Å²) >= 11 is 0. The topological polar surface area (TPSA) is 12.5 Å². The number of aryl methyl sites for hydroxylation is 1. The molecule has 1 fully saturated rings. The number of benzene rings is 1. The summed E-state index contributed by atoms with van der Waals surface area (Å²) in [5.41, 5.74) is 4.09. The average molecular weight is 189 g/mol. The molecule has 1 aromatic rings. The fraction of sp³-hybridized carbons (Fsp3) is 0.500. The predicted molar refractivity (Wildman–Crippen MR) is 56.3 cm³/mol. The van der Waals surface area contributed by atoms with Crippen molar-refractivity contribution in [2.75, 3.05) is 11.4 Å². The zero-order valence-electron chi connectivity index (χ0n) is 8.49. The molecule has 1 saturated heterocycles. The van der Waals surface area contributed by atoms with Gasteiger partial charge in [0.05, 0.1) is 6.61 Å². The highest BCUT2D eigenvalue weighted by Crippen LogP contribution is 2.34. The third-order valence-corrected chi connectivity index (χ3v) is 3.18. The molecule has 0 amide bonds. The first kappa shape index (κ1) is 8.30.